The molecule has 0 radical (unpaired) electrons. The average molecular weight is 286 g/mol. The molecule has 0 fully saturated rings. The minimum atomic E-state index is -3.89. The van der Waals surface area contributed by atoms with Gasteiger partial charge in [-0.3, -0.25) is 0 Å². The van der Waals surface area contributed by atoms with E-state index >= 15 is 0 Å². The van der Waals surface area contributed by atoms with Gasteiger partial charge in [-0.2, -0.15) is 8.42 Å². The monoisotopic (exact) mass is 286 g/mol. The molecule has 19 heavy (non-hydrogen) atoms. The lowest BCUT2D eigenvalue weighted by Gasteiger charge is -2.07. The number of hydrogen-bond acceptors (Lipinski definition) is 4. The lowest BCUT2D eigenvalue weighted by atomic mass is 10.2. The second-order valence-electron chi connectivity index (χ2n) is 3.95. The summed E-state index contributed by atoms with van der Waals surface area (Å²) in [6.45, 7) is 1.59. The first-order valence-corrected chi connectivity index (χ1v) is 6.64. The molecular formula is C11H14N2O5S. The van der Waals surface area contributed by atoms with Crippen molar-refractivity contribution in [1.29, 1.82) is 0 Å². The Bertz CT molecular complexity index is 608. The van der Waals surface area contributed by atoms with Gasteiger partial charge in [0.05, 0.1) is 4.90 Å². The summed E-state index contributed by atoms with van der Waals surface area (Å²) in [4.78, 5) is 11.8. The molecule has 0 aliphatic carbocycles. The summed E-state index contributed by atoms with van der Waals surface area (Å²) in [5.74, 6) is -0.0725. The highest BCUT2D eigenvalue weighted by molar-refractivity contribution is 7.90. The summed E-state index contributed by atoms with van der Waals surface area (Å²) < 4.78 is 31.8. The van der Waals surface area contributed by atoms with Crippen LogP contribution in [0, 0.1) is 6.92 Å². The van der Waals surface area contributed by atoms with Crippen molar-refractivity contribution in [2.45, 2.75) is 11.8 Å². The van der Waals surface area contributed by atoms with E-state index in [1.54, 1.807) is 21.0 Å². The Morgan fingerprint density at radius 3 is 2.58 bits per heavy atom. The summed E-state index contributed by atoms with van der Waals surface area (Å²) >= 11 is 0. The highest BCUT2D eigenvalue weighted by Crippen LogP contribution is 2.23. The highest BCUT2D eigenvalue weighted by atomic mass is 32.2. The third-order valence-electron chi connectivity index (χ3n) is 2.06. The Hall–Kier alpha value is -2.09. The van der Waals surface area contributed by atoms with Crippen molar-refractivity contribution in [3.63, 3.8) is 0 Å². The van der Waals surface area contributed by atoms with Gasteiger partial charge in [-0.15, -0.1) is 4.40 Å². The molecule has 1 aromatic rings. The fourth-order valence-corrected chi connectivity index (χ4v) is 2.40. The van der Waals surface area contributed by atoms with Crippen LogP contribution < -0.4 is 4.74 Å². The van der Waals surface area contributed by atoms with E-state index in [9.17, 15) is 13.2 Å². The molecule has 7 nitrogen and oxygen atoms in total. The van der Waals surface area contributed by atoms with E-state index in [-0.39, 0.29) is 10.6 Å². The number of benzene rings is 1. The van der Waals surface area contributed by atoms with Crippen LogP contribution in [0.15, 0.2) is 27.5 Å². The van der Waals surface area contributed by atoms with E-state index < -0.39 is 16.2 Å². The number of aryl methyl sites for hydroxylation is 1. The van der Waals surface area contributed by atoms with Gasteiger partial charge < -0.3 is 14.7 Å². The van der Waals surface area contributed by atoms with Gasteiger partial charge in [-0.25, -0.2) is 4.79 Å². The predicted molar refractivity (Wildman–Crippen MR) is 69.2 cm³/mol. The summed E-state index contributed by atoms with van der Waals surface area (Å²) in [7, 11) is -0.620. The highest BCUT2D eigenvalue weighted by Gasteiger charge is 2.17. The van der Waals surface area contributed by atoms with Crippen molar-refractivity contribution in [3.05, 3.63) is 23.8 Å². The van der Waals surface area contributed by atoms with Gasteiger partial charge in [-0.05, 0) is 18.6 Å². The van der Waals surface area contributed by atoms with E-state index in [4.69, 9.17) is 5.11 Å². The van der Waals surface area contributed by atoms with Gasteiger partial charge in [0, 0.05) is 20.2 Å². The third-order valence-corrected chi connectivity index (χ3v) is 3.43. The zero-order valence-electron chi connectivity index (χ0n) is 10.7. The first kappa shape index (κ1) is 15.0. The summed E-state index contributed by atoms with van der Waals surface area (Å²) in [5, 5.41) is 8.50. The molecule has 8 heteroatoms. The maximum Gasteiger partial charge on any atom is 0.511 e. The molecule has 1 aromatic carbocycles. The van der Waals surface area contributed by atoms with Crippen LogP contribution in [0.25, 0.3) is 0 Å². The number of rotatable bonds is 4. The van der Waals surface area contributed by atoms with E-state index in [0.717, 1.165) is 12.4 Å². The predicted octanol–water partition coefficient (Wildman–Crippen LogP) is 1.33. The zero-order valence-corrected chi connectivity index (χ0v) is 11.5. The Morgan fingerprint density at radius 1 is 1.42 bits per heavy atom. The average Bonchev–Trinajstić information content (AvgIpc) is 2.28. The van der Waals surface area contributed by atoms with E-state index in [1.165, 1.54) is 17.0 Å². The van der Waals surface area contributed by atoms with Crippen molar-refractivity contribution in [1.82, 2.24) is 4.90 Å². The smallest absolute Gasteiger partial charge is 0.449 e. The van der Waals surface area contributed by atoms with Crippen LogP contribution in [0.5, 0.6) is 5.75 Å². The molecule has 104 valence electrons. The normalized spacial score (nSPS) is 11.5. The van der Waals surface area contributed by atoms with Crippen LogP contribution >= 0.6 is 0 Å². The third kappa shape index (κ3) is 4.25. The van der Waals surface area contributed by atoms with Gasteiger partial charge in [0.2, 0.25) is 0 Å². The Morgan fingerprint density at radius 2 is 2.05 bits per heavy atom. The lowest BCUT2D eigenvalue weighted by molar-refractivity contribution is 0.144. The number of hydrogen-bond donors (Lipinski definition) is 1. The molecule has 0 aliphatic heterocycles. The quantitative estimate of drug-likeness (QED) is 0.388. The van der Waals surface area contributed by atoms with E-state index in [1.807, 2.05) is 0 Å². The van der Waals surface area contributed by atoms with Crippen LogP contribution in [0.2, 0.25) is 0 Å². The molecule has 0 atom stereocenters. The topological polar surface area (TPSA) is 96.3 Å². The second kappa shape index (κ2) is 5.70. The van der Waals surface area contributed by atoms with Crippen molar-refractivity contribution >= 4 is 22.5 Å². The van der Waals surface area contributed by atoms with Crippen LogP contribution in [0.3, 0.4) is 0 Å². The fourth-order valence-electron chi connectivity index (χ4n) is 1.24. The van der Waals surface area contributed by atoms with Gasteiger partial charge in [0.15, 0.2) is 0 Å². The van der Waals surface area contributed by atoms with Gasteiger partial charge >= 0.3 is 6.16 Å². The Balaban J connectivity index is 3.22. The number of sulfonamides is 1. The van der Waals surface area contributed by atoms with Gasteiger partial charge in [-0.1, -0.05) is 6.07 Å². The summed E-state index contributed by atoms with van der Waals surface area (Å²) in [6.07, 6.45) is -0.358. The molecule has 1 rings (SSSR count). The number of carbonyl (C=O) groups is 1. The molecule has 0 spiro atoms. The molecule has 1 N–H and O–H groups in total. The zero-order chi connectivity index (χ0) is 14.6. The molecular weight excluding hydrogens is 272 g/mol. The summed E-state index contributed by atoms with van der Waals surface area (Å²) in [5.41, 5.74) is 0.452. The molecule has 0 unspecified atom stereocenters. The van der Waals surface area contributed by atoms with Gasteiger partial charge in [0.25, 0.3) is 10.0 Å². The first-order valence-electron chi connectivity index (χ1n) is 5.20. The Labute approximate surface area is 111 Å². The van der Waals surface area contributed by atoms with Crippen molar-refractivity contribution < 1.29 is 23.1 Å². The molecule has 0 amide bonds. The second-order valence-corrected chi connectivity index (χ2v) is 5.56. The van der Waals surface area contributed by atoms with Crippen LogP contribution in [0.1, 0.15) is 5.56 Å². The van der Waals surface area contributed by atoms with Gasteiger partial charge in [0.1, 0.15) is 12.1 Å². The molecule has 0 bridgehead atoms. The molecule has 0 aromatic heterocycles. The minimum Gasteiger partial charge on any atom is -0.449 e. The first-order chi connectivity index (χ1) is 8.72. The number of nitrogens with zero attached hydrogens (tertiary/aromatic N) is 2. The Kier molecular flexibility index (Phi) is 4.49. The summed E-state index contributed by atoms with van der Waals surface area (Å²) in [6, 6.07) is 3.96. The van der Waals surface area contributed by atoms with Crippen LogP contribution in [-0.2, 0) is 10.0 Å². The number of carboxylic acid groups (broad SMARTS) is 1. The fraction of sp³-hybridized carbons (Fsp3) is 0.273. The SMILES string of the molecule is Cc1ccc(OC(=O)O)cc1S(=O)(=O)/N=C/N(C)C. The van der Waals surface area contributed by atoms with Crippen molar-refractivity contribution in [2.75, 3.05) is 14.1 Å². The van der Waals surface area contributed by atoms with E-state index in [2.05, 4.69) is 9.13 Å². The molecule has 0 saturated heterocycles. The lowest BCUT2D eigenvalue weighted by Crippen LogP contribution is -2.11. The van der Waals surface area contributed by atoms with Crippen molar-refractivity contribution in [2.24, 2.45) is 4.40 Å². The minimum absolute atomic E-state index is 0.0725. The molecule has 0 aliphatic rings. The molecule has 0 heterocycles. The van der Waals surface area contributed by atoms with E-state index in [0.29, 0.717) is 5.56 Å². The number of ether oxygens (including phenoxy) is 1. The molecule has 0 saturated carbocycles. The maximum absolute atomic E-state index is 12.0. The standard InChI is InChI=1S/C11H14N2O5S/c1-8-4-5-9(18-11(14)15)6-10(8)19(16,17)12-7-13(2)3/h4-7H,1-3H3,(H,14,15)/b12-7+. The largest absolute Gasteiger partial charge is 0.511 e. The van der Waals surface area contributed by atoms with Crippen molar-refractivity contribution in [3.8, 4) is 5.75 Å². The van der Waals surface area contributed by atoms with Crippen LogP contribution in [0.4, 0.5) is 4.79 Å². The maximum atomic E-state index is 12.0. The van der Waals surface area contributed by atoms with Crippen LogP contribution in [-0.4, -0.2) is 45.0 Å².